The standard InChI is InChI=1S/C13H20N6O/c1-3-20-9-13-17-11(14)8-12(18-13)15-6-4-10-5-7-16-19(10)2/h5,7-8H,3-4,6,9H2,1-2H3,(H3,14,15,17,18). The van der Waals surface area contributed by atoms with Gasteiger partial charge in [0.1, 0.15) is 18.2 Å². The molecule has 7 heteroatoms. The lowest BCUT2D eigenvalue weighted by molar-refractivity contribution is 0.128. The van der Waals surface area contributed by atoms with Gasteiger partial charge in [-0.05, 0) is 13.0 Å². The summed E-state index contributed by atoms with van der Waals surface area (Å²) < 4.78 is 7.15. The quantitative estimate of drug-likeness (QED) is 0.783. The second-order valence-electron chi connectivity index (χ2n) is 4.35. The Bertz CT molecular complexity index is 554. The summed E-state index contributed by atoms with van der Waals surface area (Å²) in [6.07, 6.45) is 2.65. The number of nitrogens with zero attached hydrogens (tertiary/aromatic N) is 4. The second kappa shape index (κ2) is 6.85. The molecule has 0 saturated heterocycles. The van der Waals surface area contributed by atoms with E-state index in [0.717, 1.165) is 24.5 Å². The molecule has 0 aliphatic carbocycles. The van der Waals surface area contributed by atoms with E-state index < -0.39 is 0 Å². The van der Waals surface area contributed by atoms with Gasteiger partial charge in [-0.15, -0.1) is 0 Å². The maximum absolute atomic E-state index is 5.76. The van der Waals surface area contributed by atoms with E-state index in [4.69, 9.17) is 10.5 Å². The van der Waals surface area contributed by atoms with Gasteiger partial charge in [0.15, 0.2) is 5.82 Å². The molecule has 0 aromatic carbocycles. The van der Waals surface area contributed by atoms with Crippen LogP contribution >= 0.6 is 0 Å². The average Bonchev–Trinajstić information content (AvgIpc) is 2.82. The minimum Gasteiger partial charge on any atom is -0.384 e. The van der Waals surface area contributed by atoms with Gasteiger partial charge in [-0.1, -0.05) is 0 Å². The number of hydrogen-bond acceptors (Lipinski definition) is 6. The zero-order valence-corrected chi connectivity index (χ0v) is 11.8. The van der Waals surface area contributed by atoms with Gasteiger partial charge >= 0.3 is 0 Å². The van der Waals surface area contributed by atoms with Crippen LogP contribution < -0.4 is 11.1 Å². The molecule has 3 N–H and O–H groups in total. The van der Waals surface area contributed by atoms with Crippen molar-refractivity contribution in [1.29, 1.82) is 0 Å². The van der Waals surface area contributed by atoms with Gasteiger partial charge in [-0.3, -0.25) is 4.68 Å². The summed E-state index contributed by atoms with van der Waals surface area (Å²) in [6.45, 7) is 3.68. The zero-order valence-electron chi connectivity index (χ0n) is 11.8. The average molecular weight is 276 g/mol. The molecule has 0 radical (unpaired) electrons. The molecule has 2 rings (SSSR count). The molecule has 0 fully saturated rings. The summed E-state index contributed by atoms with van der Waals surface area (Å²) in [5.74, 6) is 1.75. The SMILES string of the molecule is CCOCc1nc(N)cc(NCCc2ccnn2C)n1. The molecule has 0 unspecified atom stereocenters. The lowest BCUT2D eigenvalue weighted by Crippen LogP contribution is -2.11. The van der Waals surface area contributed by atoms with Crippen LogP contribution in [0.3, 0.4) is 0 Å². The summed E-state index contributed by atoms with van der Waals surface area (Å²) in [5, 5.41) is 7.37. The largest absolute Gasteiger partial charge is 0.384 e. The predicted molar refractivity (Wildman–Crippen MR) is 77.2 cm³/mol. The summed E-state index contributed by atoms with van der Waals surface area (Å²) in [7, 11) is 1.93. The molecule has 0 saturated carbocycles. The Morgan fingerprint density at radius 3 is 2.95 bits per heavy atom. The number of aromatic nitrogens is 4. The Labute approximate surface area is 118 Å². The summed E-state index contributed by atoms with van der Waals surface area (Å²) >= 11 is 0. The lowest BCUT2D eigenvalue weighted by Gasteiger charge is -2.08. The topological polar surface area (TPSA) is 90.9 Å². The third-order valence-electron chi connectivity index (χ3n) is 2.84. The molecule has 0 spiro atoms. The van der Waals surface area contributed by atoms with Crippen LogP contribution in [0.1, 0.15) is 18.4 Å². The van der Waals surface area contributed by atoms with E-state index in [1.807, 2.05) is 24.7 Å². The molecule has 0 aliphatic rings. The highest BCUT2D eigenvalue weighted by Gasteiger charge is 2.03. The molecular formula is C13H20N6O. The Kier molecular flexibility index (Phi) is 4.89. The number of rotatable bonds is 7. The molecule has 7 nitrogen and oxygen atoms in total. The monoisotopic (exact) mass is 276 g/mol. The molecule has 0 bridgehead atoms. The van der Waals surface area contributed by atoms with Gasteiger partial charge in [0, 0.05) is 44.6 Å². The van der Waals surface area contributed by atoms with Crippen molar-refractivity contribution in [1.82, 2.24) is 19.7 Å². The molecule has 0 atom stereocenters. The van der Waals surface area contributed by atoms with E-state index in [1.165, 1.54) is 0 Å². The normalized spacial score (nSPS) is 10.7. The fraction of sp³-hybridized carbons (Fsp3) is 0.462. The lowest BCUT2D eigenvalue weighted by atomic mass is 10.3. The van der Waals surface area contributed by atoms with E-state index in [1.54, 1.807) is 12.3 Å². The van der Waals surface area contributed by atoms with E-state index in [0.29, 0.717) is 24.9 Å². The molecule has 2 aromatic rings. The number of ether oxygens (including phenoxy) is 1. The second-order valence-corrected chi connectivity index (χ2v) is 4.35. The van der Waals surface area contributed by atoms with Gasteiger partial charge < -0.3 is 15.8 Å². The van der Waals surface area contributed by atoms with Crippen molar-refractivity contribution >= 4 is 11.6 Å². The smallest absolute Gasteiger partial charge is 0.158 e. The summed E-state index contributed by atoms with van der Waals surface area (Å²) in [6, 6.07) is 3.72. The zero-order chi connectivity index (χ0) is 14.4. The molecule has 0 aliphatic heterocycles. The third-order valence-corrected chi connectivity index (χ3v) is 2.84. The van der Waals surface area contributed by atoms with Crippen LogP contribution in [0, 0.1) is 0 Å². The van der Waals surface area contributed by atoms with Crippen molar-refractivity contribution in [3.8, 4) is 0 Å². The van der Waals surface area contributed by atoms with Crippen molar-refractivity contribution in [3.05, 3.63) is 29.8 Å². The summed E-state index contributed by atoms with van der Waals surface area (Å²) in [4.78, 5) is 8.49. The van der Waals surface area contributed by atoms with Crippen LogP contribution in [-0.4, -0.2) is 32.9 Å². The van der Waals surface area contributed by atoms with E-state index in [-0.39, 0.29) is 0 Å². The first kappa shape index (κ1) is 14.3. The predicted octanol–water partition coefficient (Wildman–Crippen LogP) is 0.983. The van der Waals surface area contributed by atoms with E-state index in [9.17, 15) is 0 Å². The van der Waals surface area contributed by atoms with Crippen molar-refractivity contribution in [2.45, 2.75) is 20.0 Å². The first-order valence-electron chi connectivity index (χ1n) is 6.61. The fourth-order valence-corrected chi connectivity index (χ4v) is 1.83. The minimum atomic E-state index is 0.373. The van der Waals surface area contributed by atoms with Gasteiger partial charge in [-0.25, -0.2) is 9.97 Å². The maximum atomic E-state index is 5.76. The fourth-order valence-electron chi connectivity index (χ4n) is 1.83. The van der Waals surface area contributed by atoms with Crippen LogP contribution in [0.5, 0.6) is 0 Å². The molecule has 2 aromatic heterocycles. The number of hydrogen-bond donors (Lipinski definition) is 2. The Balaban J connectivity index is 1.91. The third kappa shape index (κ3) is 3.92. The van der Waals surface area contributed by atoms with Crippen molar-refractivity contribution < 1.29 is 4.74 Å². The van der Waals surface area contributed by atoms with Crippen LogP contribution in [0.15, 0.2) is 18.3 Å². The number of nitrogen functional groups attached to an aromatic ring is 1. The van der Waals surface area contributed by atoms with Gasteiger partial charge in [0.2, 0.25) is 0 Å². The van der Waals surface area contributed by atoms with Gasteiger partial charge in [0.05, 0.1) is 0 Å². The maximum Gasteiger partial charge on any atom is 0.158 e. The van der Waals surface area contributed by atoms with Crippen LogP contribution in [0.2, 0.25) is 0 Å². The van der Waals surface area contributed by atoms with Crippen molar-refractivity contribution in [2.75, 3.05) is 24.2 Å². The highest BCUT2D eigenvalue weighted by molar-refractivity contribution is 5.44. The van der Waals surface area contributed by atoms with Crippen LogP contribution in [0.25, 0.3) is 0 Å². The number of nitrogens with two attached hydrogens (primary N) is 1. The number of anilines is 2. The van der Waals surface area contributed by atoms with Gasteiger partial charge in [0.25, 0.3) is 0 Å². The van der Waals surface area contributed by atoms with Crippen molar-refractivity contribution in [2.24, 2.45) is 7.05 Å². The van der Waals surface area contributed by atoms with Crippen molar-refractivity contribution in [3.63, 3.8) is 0 Å². The first-order valence-corrected chi connectivity index (χ1v) is 6.61. The van der Waals surface area contributed by atoms with Gasteiger partial charge in [-0.2, -0.15) is 5.10 Å². The van der Waals surface area contributed by atoms with Crippen LogP contribution in [-0.2, 0) is 24.8 Å². The number of nitrogens with one attached hydrogen (secondary N) is 1. The highest BCUT2D eigenvalue weighted by Crippen LogP contribution is 2.09. The Morgan fingerprint density at radius 2 is 2.25 bits per heavy atom. The van der Waals surface area contributed by atoms with E-state index in [2.05, 4.69) is 20.4 Å². The molecule has 2 heterocycles. The first-order chi connectivity index (χ1) is 9.69. The Hall–Kier alpha value is -2.15. The molecule has 20 heavy (non-hydrogen) atoms. The van der Waals surface area contributed by atoms with E-state index >= 15 is 0 Å². The van der Waals surface area contributed by atoms with Crippen LogP contribution in [0.4, 0.5) is 11.6 Å². The summed E-state index contributed by atoms with van der Waals surface area (Å²) in [5.41, 5.74) is 6.92. The minimum absolute atomic E-state index is 0.373. The molecule has 0 amide bonds. The number of aryl methyl sites for hydroxylation is 1. The Morgan fingerprint density at radius 1 is 1.40 bits per heavy atom. The molecule has 108 valence electrons. The molecular weight excluding hydrogens is 256 g/mol. The highest BCUT2D eigenvalue weighted by atomic mass is 16.5.